The molecule has 0 radical (unpaired) electrons. The van der Waals surface area contributed by atoms with Gasteiger partial charge in [-0.25, -0.2) is 9.59 Å². The molecule has 4 rings (SSSR count). The molecule has 3 N–H and O–H groups in total. The highest BCUT2D eigenvalue weighted by Crippen LogP contribution is 2.30. The van der Waals surface area contributed by atoms with Crippen LogP contribution in [-0.2, 0) is 11.2 Å². The summed E-state index contributed by atoms with van der Waals surface area (Å²) in [4.78, 5) is 50.2. The maximum absolute atomic E-state index is 12.9. The highest BCUT2D eigenvalue weighted by molar-refractivity contribution is 6.04. The number of hydrogen-bond acceptors (Lipinski definition) is 7. The number of aliphatic carboxylic acids is 1. The van der Waals surface area contributed by atoms with Gasteiger partial charge in [-0.2, -0.15) is 0 Å². The standard InChI is InChI=1S/C38H40N2O8/c1-3-4-5-6-10-23-47-31-20-16-29(17-21-31)38(45)48-33-22-13-26(25-34(33)46-2)24-32(37(43)44)40-36(42)28-14-18-30(19-15-28)39-35(41)27-11-8-7-9-12-27/h7-9,11-22,25,32H,3-6,10,23-24H2,1-2H3,(H,39,41)(H,40,42)(H,43,44). The van der Waals surface area contributed by atoms with Gasteiger partial charge in [-0.1, -0.05) is 56.9 Å². The molecule has 4 aromatic carbocycles. The van der Waals surface area contributed by atoms with Crippen LogP contribution in [0.25, 0.3) is 0 Å². The number of amides is 2. The molecular formula is C38H40N2O8. The number of esters is 1. The van der Waals surface area contributed by atoms with Crippen molar-refractivity contribution >= 4 is 29.4 Å². The van der Waals surface area contributed by atoms with Gasteiger partial charge in [-0.3, -0.25) is 9.59 Å². The van der Waals surface area contributed by atoms with Crippen LogP contribution in [0.3, 0.4) is 0 Å². The minimum atomic E-state index is -1.26. The lowest BCUT2D eigenvalue weighted by molar-refractivity contribution is -0.139. The first kappa shape index (κ1) is 35.2. The molecule has 0 aliphatic rings. The lowest BCUT2D eigenvalue weighted by atomic mass is 10.0. The Bertz CT molecular complexity index is 1670. The lowest BCUT2D eigenvalue weighted by Crippen LogP contribution is -2.42. The number of nitrogens with one attached hydrogen (secondary N) is 2. The predicted molar refractivity (Wildman–Crippen MR) is 182 cm³/mol. The number of hydrogen-bond donors (Lipinski definition) is 3. The van der Waals surface area contributed by atoms with Crippen LogP contribution in [0, 0.1) is 0 Å². The zero-order chi connectivity index (χ0) is 34.3. The van der Waals surface area contributed by atoms with Gasteiger partial charge in [0.2, 0.25) is 0 Å². The summed E-state index contributed by atoms with van der Waals surface area (Å²) in [5.74, 6) is -1.64. The van der Waals surface area contributed by atoms with E-state index in [0.717, 1.165) is 12.8 Å². The van der Waals surface area contributed by atoms with Crippen molar-refractivity contribution in [1.82, 2.24) is 5.32 Å². The molecule has 0 fully saturated rings. The molecule has 250 valence electrons. The molecule has 0 bridgehead atoms. The van der Waals surface area contributed by atoms with Crippen LogP contribution in [0.15, 0.2) is 97.1 Å². The average molecular weight is 653 g/mol. The summed E-state index contributed by atoms with van der Waals surface area (Å²) < 4.78 is 16.8. The Balaban J connectivity index is 1.32. The average Bonchev–Trinajstić information content (AvgIpc) is 3.10. The molecule has 10 heteroatoms. The molecule has 0 aliphatic heterocycles. The van der Waals surface area contributed by atoms with Crippen molar-refractivity contribution in [2.75, 3.05) is 19.0 Å². The number of ether oxygens (including phenoxy) is 3. The van der Waals surface area contributed by atoms with Crippen molar-refractivity contribution < 1.29 is 38.5 Å². The number of carbonyl (C=O) groups is 4. The summed E-state index contributed by atoms with van der Waals surface area (Å²) in [5, 5.41) is 15.1. The van der Waals surface area contributed by atoms with Crippen molar-refractivity contribution in [3.63, 3.8) is 0 Å². The first-order chi connectivity index (χ1) is 23.3. The second-order valence-electron chi connectivity index (χ2n) is 11.1. The maximum atomic E-state index is 12.9. The minimum absolute atomic E-state index is 0.0586. The van der Waals surface area contributed by atoms with E-state index < -0.39 is 23.9 Å². The second-order valence-corrected chi connectivity index (χ2v) is 11.1. The van der Waals surface area contributed by atoms with E-state index in [1.54, 1.807) is 72.8 Å². The first-order valence-electron chi connectivity index (χ1n) is 15.9. The quantitative estimate of drug-likeness (QED) is 0.0633. The van der Waals surface area contributed by atoms with Gasteiger partial charge in [-0.05, 0) is 84.8 Å². The van der Waals surface area contributed by atoms with Crippen molar-refractivity contribution in [1.29, 1.82) is 0 Å². The molecule has 2 amide bonds. The largest absolute Gasteiger partial charge is 0.494 e. The predicted octanol–water partition coefficient (Wildman–Crippen LogP) is 6.94. The molecule has 0 saturated heterocycles. The summed E-state index contributed by atoms with van der Waals surface area (Å²) >= 11 is 0. The highest BCUT2D eigenvalue weighted by atomic mass is 16.6. The summed E-state index contributed by atoms with van der Waals surface area (Å²) in [5.41, 5.74) is 2.07. The highest BCUT2D eigenvalue weighted by Gasteiger charge is 2.23. The van der Waals surface area contributed by atoms with Crippen LogP contribution < -0.4 is 24.8 Å². The third-order valence-electron chi connectivity index (χ3n) is 7.52. The molecule has 0 aliphatic carbocycles. The number of methoxy groups -OCH3 is 1. The number of carbonyl (C=O) groups excluding carboxylic acids is 3. The molecule has 4 aromatic rings. The summed E-state index contributed by atoms with van der Waals surface area (Å²) in [7, 11) is 1.41. The molecular weight excluding hydrogens is 612 g/mol. The Morgan fingerprint density at radius 2 is 1.40 bits per heavy atom. The summed E-state index contributed by atoms with van der Waals surface area (Å²) in [6.07, 6.45) is 5.65. The van der Waals surface area contributed by atoms with Crippen LogP contribution in [0.2, 0.25) is 0 Å². The van der Waals surface area contributed by atoms with Crippen LogP contribution in [-0.4, -0.2) is 48.6 Å². The van der Waals surface area contributed by atoms with E-state index in [9.17, 15) is 24.3 Å². The lowest BCUT2D eigenvalue weighted by Gasteiger charge is -2.16. The summed E-state index contributed by atoms with van der Waals surface area (Å²) in [6.45, 7) is 2.80. The van der Waals surface area contributed by atoms with Gasteiger partial charge in [-0.15, -0.1) is 0 Å². The van der Waals surface area contributed by atoms with Crippen molar-refractivity contribution in [3.8, 4) is 17.2 Å². The Kier molecular flexibility index (Phi) is 13.1. The molecule has 0 heterocycles. The number of unbranched alkanes of at least 4 members (excludes halogenated alkanes) is 4. The van der Waals surface area contributed by atoms with Crippen molar-refractivity contribution in [3.05, 3.63) is 119 Å². The van der Waals surface area contributed by atoms with Crippen LogP contribution in [0.1, 0.15) is 75.7 Å². The zero-order valence-corrected chi connectivity index (χ0v) is 27.1. The van der Waals surface area contributed by atoms with E-state index in [4.69, 9.17) is 14.2 Å². The number of carboxylic acids is 1. The van der Waals surface area contributed by atoms with E-state index in [2.05, 4.69) is 17.6 Å². The maximum Gasteiger partial charge on any atom is 0.343 e. The van der Waals surface area contributed by atoms with Gasteiger partial charge in [0.15, 0.2) is 11.5 Å². The van der Waals surface area contributed by atoms with Crippen LogP contribution >= 0.6 is 0 Å². The zero-order valence-electron chi connectivity index (χ0n) is 27.1. The van der Waals surface area contributed by atoms with E-state index in [0.29, 0.717) is 34.7 Å². The fourth-order valence-corrected chi connectivity index (χ4v) is 4.84. The monoisotopic (exact) mass is 652 g/mol. The molecule has 10 nitrogen and oxygen atoms in total. The fraction of sp³-hybridized carbons (Fsp3) is 0.263. The van der Waals surface area contributed by atoms with Gasteiger partial charge in [0, 0.05) is 23.2 Å². The minimum Gasteiger partial charge on any atom is -0.494 e. The second kappa shape index (κ2) is 17.9. The Hall–Kier alpha value is -5.64. The first-order valence-corrected chi connectivity index (χ1v) is 15.9. The number of benzene rings is 4. The van der Waals surface area contributed by atoms with Gasteiger partial charge in [0.1, 0.15) is 11.8 Å². The van der Waals surface area contributed by atoms with Gasteiger partial charge in [0.25, 0.3) is 11.8 Å². The third kappa shape index (κ3) is 10.4. The number of carboxylic acid groups (broad SMARTS) is 1. The van der Waals surface area contributed by atoms with Crippen LogP contribution in [0.4, 0.5) is 5.69 Å². The van der Waals surface area contributed by atoms with E-state index >= 15 is 0 Å². The van der Waals surface area contributed by atoms with E-state index in [1.807, 2.05) is 6.07 Å². The van der Waals surface area contributed by atoms with Gasteiger partial charge in [0.05, 0.1) is 19.3 Å². The van der Waals surface area contributed by atoms with Crippen LogP contribution in [0.5, 0.6) is 17.2 Å². The third-order valence-corrected chi connectivity index (χ3v) is 7.52. The molecule has 0 saturated carbocycles. The smallest absolute Gasteiger partial charge is 0.343 e. The van der Waals surface area contributed by atoms with Gasteiger partial charge < -0.3 is 30.0 Å². The van der Waals surface area contributed by atoms with Crippen molar-refractivity contribution in [2.45, 2.75) is 51.5 Å². The molecule has 0 aromatic heterocycles. The van der Waals surface area contributed by atoms with E-state index in [1.165, 1.54) is 44.6 Å². The Labute approximate surface area is 280 Å². The SMILES string of the molecule is CCCCCCCOc1ccc(C(=O)Oc2ccc(CC(NC(=O)c3ccc(NC(=O)c4ccccc4)cc3)C(=O)O)cc2OC)cc1. The Morgan fingerprint density at radius 1 is 0.729 bits per heavy atom. The normalized spacial score (nSPS) is 11.2. The molecule has 0 spiro atoms. The van der Waals surface area contributed by atoms with Crippen molar-refractivity contribution in [2.24, 2.45) is 0 Å². The number of rotatable bonds is 17. The van der Waals surface area contributed by atoms with Gasteiger partial charge >= 0.3 is 11.9 Å². The molecule has 1 atom stereocenters. The fourth-order valence-electron chi connectivity index (χ4n) is 4.84. The van der Waals surface area contributed by atoms with E-state index in [-0.39, 0.29) is 29.4 Å². The topological polar surface area (TPSA) is 140 Å². The molecule has 1 unspecified atom stereocenters. The number of anilines is 1. The molecule has 48 heavy (non-hydrogen) atoms. The summed E-state index contributed by atoms with van der Waals surface area (Å²) in [6, 6.07) is 25.0. The Morgan fingerprint density at radius 3 is 2.06 bits per heavy atom.